The highest BCUT2D eigenvalue weighted by Crippen LogP contribution is 2.39. The van der Waals surface area contributed by atoms with Crippen molar-refractivity contribution in [2.75, 3.05) is 14.2 Å². The predicted molar refractivity (Wildman–Crippen MR) is 141 cm³/mol. The van der Waals surface area contributed by atoms with Crippen molar-refractivity contribution in [1.29, 1.82) is 0 Å². The minimum absolute atomic E-state index is 0.0783. The Hall–Kier alpha value is -3.68. The molecule has 0 fully saturated rings. The molecule has 0 aliphatic heterocycles. The van der Waals surface area contributed by atoms with E-state index in [1.54, 1.807) is 26.4 Å². The summed E-state index contributed by atoms with van der Waals surface area (Å²) >= 11 is 7.85. The van der Waals surface area contributed by atoms with Crippen molar-refractivity contribution in [2.24, 2.45) is 0 Å². The van der Waals surface area contributed by atoms with Gasteiger partial charge in [-0.05, 0) is 59.5 Å². The molecule has 0 spiro atoms. The number of methoxy groups -OCH3 is 2. The molecule has 5 aromatic rings. The Morgan fingerprint density at radius 3 is 2.42 bits per heavy atom. The standard InChI is InChI=1S/C28H20ClF2NO3S/c1-34-23-9-7-16(13-24(23)35-2)25-10-11-26(36-25)22-12-17-4-3-5-20(29)27(17)28(33)32(22)15-18-6-8-19(30)14-21(18)31/h3-14H,15H2,1-2H3. The van der Waals surface area contributed by atoms with Crippen LogP contribution in [-0.2, 0) is 6.54 Å². The molecule has 0 aliphatic carbocycles. The summed E-state index contributed by atoms with van der Waals surface area (Å²) in [7, 11) is 3.16. The van der Waals surface area contributed by atoms with Crippen LogP contribution < -0.4 is 15.0 Å². The first-order chi connectivity index (χ1) is 17.4. The van der Waals surface area contributed by atoms with E-state index in [4.69, 9.17) is 21.1 Å². The smallest absolute Gasteiger partial charge is 0.260 e. The molecule has 0 N–H and O–H groups in total. The van der Waals surface area contributed by atoms with Gasteiger partial charge in [0.05, 0.1) is 41.7 Å². The van der Waals surface area contributed by atoms with E-state index in [0.717, 1.165) is 21.4 Å². The monoisotopic (exact) mass is 523 g/mol. The lowest BCUT2D eigenvalue weighted by atomic mass is 10.1. The maximum Gasteiger partial charge on any atom is 0.260 e. The largest absolute Gasteiger partial charge is 0.493 e. The zero-order valence-electron chi connectivity index (χ0n) is 19.3. The Morgan fingerprint density at radius 2 is 1.67 bits per heavy atom. The fourth-order valence-electron chi connectivity index (χ4n) is 4.16. The van der Waals surface area contributed by atoms with Gasteiger partial charge < -0.3 is 14.0 Å². The van der Waals surface area contributed by atoms with Crippen molar-refractivity contribution in [3.63, 3.8) is 0 Å². The molecule has 0 saturated heterocycles. The molecule has 36 heavy (non-hydrogen) atoms. The number of fused-ring (bicyclic) bond motifs is 1. The van der Waals surface area contributed by atoms with Crippen LogP contribution in [0, 0.1) is 11.6 Å². The molecule has 2 heterocycles. The number of benzene rings is 3. The minimum Gasteiger partial charge on any atom is -0.493 e. The highest BCUT2D eigenvalue weighted by atomic mass is 35.5. The lowest BCUT2D eigenvalue weighted by Gasteiger charge is -2.15. The third-order valence-corrected chi connectivity index (χ3v) is 7.43. The molecule has 0 bridgehead atoms. The van der Waals surface area contributed by atoms with Crippen molar-refractivity contribution in [2.45, 2.75) is 6.54 Å². The van der Waals surface area contributed by atoms with E-state index < -0.39 is 11.6 Å². The summed E-state index contributed by atoms with van der Waals surface area (Å²) in [5, 5.41) is 1.34. The summed E-state index contributed by atoms with van der Waals surface area (Å²) in [4.78, 5) is 15.4. The van der Waals surface area contributed by atoms with Gasteiger partial charge in [-0.15, -0.1) is 11.3 Å². The summed E-state index contributed by atoms with van der Waals surface area (Å²) < 4.78 is 40.3. The second-order valence-corrected chi connectivity index (χ2v) is 9.59. The molecular weight excluding hydrogens is 504 g/mol. The van der Waals surface area contributed by atoms with Crippen molar-refractivity contribution in [3.05, 3.63) is 105 Å². The van der Waals surface area contributed by atoms with Gasteiger partial charge in [-0.1, -0.05) is 29.8 Å². The number of thiophene rings is 1. The molecule has 182 valence electrons. The average molecular weight is 524 g/mol. The zero-order valence-corrected chi connectivity index (χ0v) is 20.9. The van der Waals surface area contributed by atoms with Crippen LogP contribution in [0.5, 0.6) is 11.5 Å². The quantitative estimate of drug-likeness (QED) is 0.233. The van der Waals surface area contributed by atoms with E-state index in [-0.39, 0.29) is 17.7 Å². The molecule has 0 atom stereocenters. The van der Waals surface area contributed by atoms with Gasteiger partial charge in [-0.3, -0.25) is 4.79 Å². The SMILES string of the molecule is COc1ccc(-c2ccc(-c3cc4cccc(Cl)c4c(=O)n3Cc3ccc(F)cc3F)s2)cc1OC. The number of nitrogens with zero attached hydrogens (tertiary/aromatic N) is 1. The summed E-state index contributed by atoms with van der Waals surface area (Å²) in [5.74, 6) is -0.166. The van der Waals surface area contributed by atoms with Gasteiger partial charge >= 0.3 is 0 Å². The van der Waals surface area contributed by atoms with Crippen LogP contribution >= 0.6 is 22.9 Å². The topological polar surface area (TPSA) is 40.5 Å². The van der Waals surface area contributed by atoms with Crippen molar-refractivity contribution in [3.8, 4) is 32.5 Å². The lowest BCUT2D eigenvalue weighted by Crippen LogP contribution is -2.23. The fourth-order valence-corrected chi connectivity index (χ4v) is 5.45. The average Bonchev–Trinajstić information content (AvgIpc) is 3.36. The molecule has 0 amide bonds. The highest BCUT2D eigenvalue weighted by Gasteiger charge is 2.17. The number of aromatic nitrogens is 1. The van der Waals surface area contributed by atoms with Crippen LogP contribution in [0.2, 0.25) is 5.02 Å². The molecule has 8 heteroatoms. The van der Waals surface area contributed by atoms with Crippen LogP contribution in [0.3, 0.4) is 0 Å². The number of hydrogen-bond donors (Lipinski definition) is 0. The van der Waals surface area contributed by atoms with E-state index in [1.165, 1.54) is 28.0 Å². The van der Waals surface area contributed by atoms with E-state index in [0.29, 0.717) is 33.0 Å². The van der Waals surface area contributed by atoms with Gasteiger partial charge in [0.15, 0.2) is 11.5 Å². The van der Waals surface area contributed by atoms with E-state index in [2.05, 4.69) is 0 Å². The normalized spacial score (nSPS) is 11.1. The second kappa shape index (κ2) is 9.76. The zero-order chi connectivity index (χ0) is 25.4. The fraction of sp³-hybridized carbons (Fsp3) is 0.107. The van der Waals surface area contributed by atoms with Crippen LogP contribution in [0.1, 0.15) is 5.56 Å². The Labute approximate surface area is 214 Å². The van der Waals surface area contributed by atoms with Crippen LogP contribution in [0.4, 0.5) is 8.78 Å². The number of halogens is 3. The summed E-state index contributed by atoms with van der Waals surface area (Å²) in [6.45, 7) is -0.0783. The van der Waals surface area contributed by atoms with Crippen molar-refractivity contribution >= 4 is 33.7 Å². The lowest BCUT2D eigenvalue weighted by molar-refractivity contribution is 0.355. The summed E-state index contributed by atoms with van der Waals surface area (Å²) in [6.07, 6.45) is 0. The maximum absolute atomic E-state index is 14.6. The Balaban J connectivity index is 1.67. The third-order valence-electron chi connectivity index (χ3n) is 5.96. The summed E-state index contributed by atoms with van der Waals surface area (Å²) in [5.41, 5.74) is 1.38. The molecule has 0 unspecified atom stereocenters. The third kappa shape index (κ3) is 4.36. The predicted octanol–water partition coefficient (Wildman–Crippen LogP) is 7.39. The number of rotatable bonds is 6. The Morgan fingerprint density at radius 1 is 0.889 bits per heavy atom. The van der Waals surface area contributed by atoms with E-state index in [9.17, 15) is 13.6 Å². The first-order valence-electron chi connectivity index (χ1n) is 11.0. The van der Waals surface area contributed by atoms with E-state index in [1.807, 2.05) is 42.5 Å². The van der Waals surface area contributed by atoms with Crippen LogP contribution in [0.15, 0.2) is 77.6 Å². The Bertz CT molecular complexity index is 1660. The first-order valence-corrected chi connectivity index (χ1v) is 12.2. The number of ether oxygens (including phenoxy) is 2. The van der Waals surface area contributed by atoms with Gasteiger partial charge in [0, 0.05) is 16.5 Å². The van der Waals surface area contributed by atoms with Crippen molar-refractivity contribution < 1.29 is 18.3 Å². The summed E-state index contributed by atoms with van der Waals surface area (Å²) in [6, 6.07) is 20.0. The molecular formula is C28H20ClF2NO3S. The van der Waals surface area contributed by atoms with E-state index >= 15 is 0 Å². The number of pyridine rings is 1. The van der Waals surface area contributed by atoms with Crippen LogP contribution in [-0.4, -0.2) is 18.8 Å². The van der Waals surface area contributed by atoms with Gasteiger partial charge in [-0.25, -0.2) is 8.78 Å². The molecule has 3 aromatic carbocycles. The first kappa shape index (κ1) is 24.0. The van der Waals surface area contributed by atoms with Gasteiger partial charge in [-0.2, -0.15) is 0 Å². The second-order valence-electron chi connectivity index (χ2n) is 8.09. The van der Waals surface area contributed by atoms with Gasteiger partial charge in [0.2, 0.25) is 0 Å². The molecule has 0 aliphatic rings. The molecule has 0 saturated carbocycles. The maximum atomic E-state index is 14.6. The minimum atomic E-state index is -0.718. The Kier molecular flexibility index (Phi) is 6.51. The van der Waals surface area contributed by atoms with Crippen LogP contribution in [0.25, 0.3) is 31.8 Å². The molecule has 5 rings (SSSR count). The van der Waals surface area contributed by atoms with Gasteiger partial charge in [0.25, 0.3) is 5.56 Å². The molecule has 4 nitrogen and oxygen atoms in total. The molecule has 2 aromatic heterocycles. The van der Waals surface area contributed by atoms with Gasteiger partial charge in [0.1, 0.15) is 11.6 Å². The highest BCUT2D eigenvalue weighted by molar-refractivity contribution is 7.18. The molecule has 0 radical (unpaired) electrons. The number of hydrogen-bond acceptors (Lipinski definition) is 4. The van der Waals surface area contributed by atoms with Crippen molar-refractivity contribution in [1.82, 2.24) is 4.57 Å².